The van der Waals surface area contributed by atoms with Crippen LogP contribution in [0.1, 0.15) is 122 Å². The number of aromatic nitrogens is 2. The minimum atomic E-state index is -0.750. The Hall–Kier alpha value is -5.11. The first-order chi connectivity index (χ1) is 28.5. The number of unbranched alkanes of at least 4 members (excludes halogenated alkanes) is 5. The van der Waals surface area contributed by atoms with Crippen LogP contribution in [-0.2, 0) is 20.9 Å². The Bertz CT molecular complexity index is 2230. The van der Waals surface area contributed by atoms with Crippen molar-refractivity contribution in [1.29, 1.82) is 0 Å². The Labute approximate surface area is 352 Å². The first-order valence-corrected chi connectivity index (χ1v) is 21.5. The summed E-state index contributed by atoms with van der Waals surface area (Å²) < 4.78 is 27.7. The lowest BCUT2D eigenvalue weighted by Crippen LogP contribution is -2.52. The summed E-state index contributed by atoms with van der Waals surface area (Å²) in [7, 11) is 1.64. The summed E-state index contributed by atoms with van der Waals surface area (Å²) in [5.41, 5.74) is 3.74. The Balaban J connectivity index is 0.815. The summed E-state index contributed by atoms with van der Waals surface area (Å²) in [4.78, 5) is 63.3. The molecule has 3 aliphatic rings. The summed E-state index contributed by atoms with van der Waals surface area (Å²) in [6.07, 6.45) is 8.09. The van der Waals surface area contributed by atoms with E-state index in [0.717, 1.165) is 76.4 Å². The monoisotopic (exact) mass is 870 g/mol. The quantitative estimate of drug-likeness (QED) is 0.0840. The zero-order chi connectivity index (χ0) is 41.6. The van der Waals surface area contributed by atoms with Crippen LogP contribution in [0, 0.1) is 12.7 Å². The van der Waals surface area contributed by atoms with E-state index >= 15 is 0 Å². The van der Waals surface area contributed by atoms with Gasteiger partial charge in [0.25, 0.3) is 5.91 Å². The molecule has 2 saturated heterocycles. The summed E-state index contributed by atoms with van der Waals surface area (Å²) in [5, 5.41) is 6.72. The van der Waals surface area contributed by atoms with E-state index in [-0.39, 0.29) is 54.6 Å². The lowest BCUT2D eigenvalue weighted by molar-refractivity contribution is -0.137. The van der Waals surface area contributed by atoms with Gasteiger partial charge in [0.15, 0.2) is 11.5 Å². The molecule has 2 fully saturated rings. The zero-order valence-corrected chi connectivity index (χ0v) is 35.5. The maximum absolute atomic E-state index is 14.8. The molecule has 1 aromatic heterocycles. The topological polar surface area (TPSA) is 143 Å². The van der Waals surface area contributed by atoms with Gasteiger partial charge in [0.1, 0.15) is 23.5 Å². The van der Waals surface area contributed by atoms with E-state index in [9.17, 15) is 23.6 Å². The number of likely N-dealkylation sites (tertiary alicyclic amines) is 1. The van der Waals surface area contributed by atoms with Crippen LogP contribution < -0.4 is 20.1 Å². The molecule has 0 bridgehead atoms. The van der Waals surface area contributed by atoms with Gasteiger partial charge in [0, 0.05) is 54.0 Å². The van der Waals surface area contributed by atoms with Crippen molar-refractivity contribution in [2.24, 2.45) is 0 Å². The third-order valence-electron chi connectivity index (χ3n) is 11.8. The predicted octanol–water partition coefficient (Wildman–Crippen LogP) is 8.30. The van der Waals surface area contributed by atoms with E-state index in [1.807, 2.05) is 36.1 Å². The maximum Gasteiger partial charge on any atom is 0.255 e. The molecule has 2 atom stereocenters. The molecule has 4 heterocycles. The number of aryl methyl sites for hydroxylation is 1. The SMILES string of the molecule is COc1cc2c(N[C@H](C)c3cccc(Br)c3)nc(C)nc2cc1OCCCCCCCCC(=O)N1CCC(c2cc(F)cc3c2CN(C2CCC(=O)NC2=O)C3=O)CC1. The molecule has 0 spiro atoms. The molecule has 59 heavy (non-hydrogen) atoms. The molecule has 4 amide bonds. The van der Waals surface area contributed by atoms with Crippen LogP contribution in [-0.4, -0.2) is 76.2 Å². The lowest BCUT2D eigenvalue weighted by atomic mass is 9.85. The molecule has 7 rings (SSSR count). The number of methoxy groups -OCH3 is 1. The minimum Gasteiger partial charge on any atom is -0.493 e. The summed E-state index contributed by atoms with van der Waals surface area (Å²) in [6, 6.07) is 14.1. The van der Waals surface area contributed by atoms with Gasteiger partial charge in [0.05, 0.1) is 25.3 Å². The first-order valence-electron chi connectivity index (χ1n) is 20.7. The van der Waals surface area contributed by atoms with Gasteiger partial charge in [0.2, 0.25) is 17.7 Å². The molecule has 2 N–H and O–H groups in total. The van der Waals surface area contributed by atoms with Gasteiger partial charge in [-0.25, -0.2) is 14.4 Å². The summed E-state index contributed by atoms with van der Waals surface area (Å²) in [6.45, 7) is 5.91. The first kappa shape index (κ1) is 42.0. The average Bonchev–Trinajstić information content (AvgIpc) is 3.54. The second-order valence-electron chi connectivity index (χ2n) is 15.9. The van der Waals surface area contributed by atoms with Crippen molar-refractivity contribution in [3.05, 3.63) is 86.9 Å². The Morgan fingerprint density at radius 3 is 2.49 bits per heavy atom. The number of carbonyl (C=O) groups excluding carboxylic acids is 4. The van der Waals surface area contributed by atoms with E-state index in [4.69, 9.17) is 14.5 Å². The van der Waals surface area contributed by atoms with Crippen LogP contribution in [0.5, 0.6) is 11.5 Å². The highest BCUT2D eigenvalue weighted by Crippen LogP contribution is 2.39. The van der Waals surface area contributed by atoms with Crippen molar-refractivity contribution in [2.45, 2.75) is 109 Å². The van der Waals surface area contributed by atoms with Gasteiger partial charge in [-0.05, 0) is 98.9 Å². The van der Waals surface area contributed by atoms with Crippen molar-refractivity contribution in [3.8, 4) is 11.5 Å². The second-order valence-corrected chi connectivity index (χ2v) is 16.8. The highest BCUT2D eigenvalue weighted by Gasteiger charge is 2.41. The van der Waals surface area contributed by atoms with Crippen molar-refractivity contribution >= 4 is 56.3 Å². The smallest absolute Gasteiger partial charge is 0.255 e. The molecule has 0 saturated carbocycles. The molecule has 14 heteroatoms. The predicted molar refractivity (Wildman–Crippen MR) is 226 cm³/mol. The molecule has 3 aromatic carbocycles. The van der Waals surface area contributed by atoms with E-state index in [0.29, 0.717) is 56.3 Å². The summed E-state index contributed by atoms with van der Waals surface area (Å²) >= 11 is 3.56. The van der Waals surface area contributed by atoms with Crippen molar-refractivity contribution in [1.82, 2.24) is 25.1 Å². The molecular weight excluding hydrogens is 819 g/mol. The van der Waals surface area contributed by atoms with Gasteiger partial charge in [-0.3, -0.25) is 24.5 Å². The van der Waals surface area contributed by atoms with Crippen LogP contribution in [0.3, 0.4) is 0 Å². The zero-order valence-electron chi connectivity index (χ0n) is 34.0. The number of amides is 4. The Kier molecular flexibility index (Phi) is 13.4. The van der Waals surface area contributed by atoms with Crippen LogP contribution in [0.2, 0.25) is 0 Å². The number of benzene rings is 3. The van der Waals surface area contributed by atoms with Gasteiger partial charge in [-0.2, -0.15) is 0 Å². The Morgan fingerprint density at radius 1 is 0.983 bits per heavy atom. The van der Waals surface area contributed by atoms with Gasteiger partial charge in [-0.1, -0.05) is 53.7 Å². The third kappa shape index (κ3) is 9.86. The molecule has 0 aliphatic carbocycles. The minimum absolute atomic E-state index is 0.00916. The number of halogens is 2. The van der Waals surface area contributed by atoms with E-state index in [1.165, 1.54) is 17.0 Å². The number of ether oxygens (including phenoxy) is 2. The van der Waals surface area contributed by atoms with Crippen molar-refractivity contribution in [2.75, 3.05) is 32.1 Å². The van der Waals surface area contributed by atoms with E-state index in [2.05, 4.69) is 50.6 Å². The van der Waals surface area contributed by atoms with Gasteiger partial charge < -0.3 is 24.6 Å². The van der Waals surface area contributed by atoms with E-state index in [1.54, 1.807) is 7.11 Å². The number of imide groups is 1. The molecule has 1 unspecified atom stereocenters. The number of hydrogen-bond acceptors (Lipinski definition) is 9. The molecular formula is C45H52BrFN6O6. The van der Waals surface area contributed by atoms with E-state index < -0.39 is 17.8 Å². The van der Waals surface area contributed by atoms with Crippen LogP contribution in [0.4, 0.5) is 10.2 Å². The number of anilines is 1. The molecule has 12 nitrogen and oxygen atoms in total. The Morgan fingerprint density at radius 2 is 1.75 bits per heavy atom. The number of carbonyl (C=O) groups is 4. The fraction of sp³-hybridized carbons (Fsp3) is 0.467. The van der Waals surface area contributed by atoms with Crippen LogP contribution in [0.15, 0.2) is 53.0 Å². The fourth-order valence-corrected chi connectivity index (χ4v) is 9.00. The number of piperidine rings is 2. The molecule has 4 aromatic rings. The third-order valence-corrected chi connectivity index (χ3v) is 12.3. The van der Waals surface area contributed by atoms with Crippen molar-refractivity contribution < 1.29 is 33.0 Å². The number of nitrogens with one attached hydrogen (secondary N) is 2. The standard InChI is InChI=1S/C45H52BrFN6O6/c1-27(30-11-10-12-31(46)21-30)48-43-35-24-39(58-3)40(25-37(35)49-28(2)50-43)59-20-9-7-5-4-6-8-13-42(55)52-18-16-29(17-19-52)33-22-32(47)23-34-36(33)26-53(45(34)57)38-14-15-41(54)51-44(38)56/h10-12,21-25,27,29,38H,4-9,13-20,26H2,1-3H3,(H,48,49,50)(H,51,54,56)/t27-,38?/m1/s1. The van der Waals surface area contributed by atoms with Crippen molar-refractivity contribution in [3.63, 3.8) is 0 Å². The van der Waals surface area contributed by atoms with Gasteiger partial charge in [-0.15, -0.1) is 0 Å². The highest BCUT2D eigenvalue weighted by molar-refractivity contribution is 9.10. The average molecular weight is 872 g/mol. The number of fused-ring (bicyclic) bond motifs is 2. The second kappa shape index (κ2) is 18.9. The molecule has 3 aliphatic heterocycles. The summed E-state index contributed by atoms with van der Waals surface area (Å²) in [5.74, 6) is 1.14. The normalized spacial score (nSPS) is 17.6. The fourth-order valence-electron chi connectivity index (χ4n) is 8.58. The number of hydrogen-bond donors (Lipinski definition) is 2. The number of nitrogens with zero attached hydrogens (tertiary/aromatic N) is 4. The lowest BCUT2D eigenvalue weighted by Gasteiger charge is -2.33. The molecule has 312 valence electrons. The van der Waals surface area contributed by atoms with Crippen LogP contribution in [0.25, 0.3) is 10.9 Å². The highest BCUT2D eigenvalue weighted by atomic mass is 79.9. The number of rotatable bonds is 16. The molecule has 0 radical (unpaired) electrons. The maximum atomic E-state index is 14.8. The van der Waals surface area contributed by atoms with Crippen LogP contribution >= 0.6 is 15.9 Å². The largest absolute Gasteiger partial charge is 0.493 e. The van der Waals surface area contributed by atoms with Gasteiger partial charge >= 0.3 is 0 Å².